The van der Waals surface area contributed by atoms with Crippen LogP contribution < -0.4 is 4.74 Å². The summed E-state index contributed by atoms with van der Waals surface area (Å²) >= 11 is 0. The molecule has 1 amide bonds. The monoisotopic (exact) mass is 299 g/mol. The Morgan fingerprint density at radius 2 is 1.86 bits per heavy atom. The molecule has 0 aliphatic carbocycles. The van der Waals surface area contributed by atoms with Crippen molar-refractivity contribution in [1.82, 2.24) is 4.90 Å². The van der Waals surface area contributed by atoms with Crippen LogP contribution in [-0.4, -0.2) is 36.8 Å². The molecule has 0 radical (unpaired) electrons. The fourth-order valence-electron chi connectivity index (χ4n) is 2.49. The lowest BCUT2D eigenvalue weighted by Crippen LogP contribution is -2.32. The van der Waals surface area contributed by atoms with Crippen molar-refractivity contribution in [3.63, 3.8) is 0 Å². The first-order chi connectivity index (χ1) is 10.8. The second-order valence-electron chi connectivity index (χ2n) is 5.22. The van der Waals surface area contributed by atoms with Crippen molar-refractivity contribution >= 4 is 12.2 Å². The number of likely N-dealkylation sites (tertiary alicyclic amines) is 1. The third-order valence-corrected chi connectivity index (χ3v) is 3.70. The summed E-state index contributed by atoms with van der Waals surface area (Å²) in [6.07, 6.45) is 2.82. The number of rotatable bonds is 5. The van der Waals surface area contributed by atoms with Gasteiger partial charge in [-0.3, -0.25) is 9.59 Å². The second kappa shape index (κ2) is 6.47. The summed E-state index contributed by atoms with van der Waals surface area (Å²) in [7, 11) is 0. The number of carbonyl (C=O) groups is 2. The maximum absolute atomic E-state index is 11.9. The molecule has 0 N–H and O–H groups in total. The molecule has 1 fully saturated rings. The maximum atomic E-state index is 11.9. The fraction of sp³-hybridized carbons (Fsp3) is 0.294. The molecule has 1 saturated heterocycles. The van der Waals surface area contributed by atoms with Gasteiger partial charge in [-0.25, -0.2) is 0 Å². The Morgan fingerprint density at radius 3 is 2.50 bits per heavy atom. The second-order valence-corrected chi connectivity index (χ2v) is 5.22. The van der Waals surface area contributed by atoms with E-state index in [2.05, 4.69) is 0 Å². The van der Waals surface area contributed by atoms with Gasteiger partial charge in [0.05, 0.1) is 0 Å². The number of hydrogen-bond acceptors (Lipinski definition) is 4. The Kier molecular flexibility index (Phi) is 4.23. The number of nitrogens with zero attached hydrogens (tertiary/aromatic N) is 1. The number of carbonyl (C=O) groups excluding carboxylic acids is 2. The van der Waals surface area contributed by atoms with Crippen molar-refractivity contribution < 1.29 is 18.7 Å². The molecule has 2 heterocycles. The highest BCUT2D eigenvalue weighted by atomic mass is 16.5. The van der Waals surface area contributed by atoms with Gasteiger partial charge in [-0.05, 0) is 49.2 Å². The molecule has 5 heteroatoms. The lowest BCUT2D eigenvalue weighted by Gasteiger charge is -2.15. The quantitative estimate of drug-likeness (QED) is 0.797. The highest BCUT2D eigenvalue weighted by molar-refractivity contribution is 5.78. The number of ether oxygens (including phenoxy) is 1. The predicted octanol–water partition coefficient (Wildman–Crippen LogP) is 2.76. The summed E-state index contributed by atoms with van der Waals surface area (Å²) in [6.45, 7) is 1.73. The normalized spacial score (nSPS) is 14.1. The highest BCUT2D eigenvalue weighted by Crippen LogP contribution is 2.24. The highest BCUT2D eigenvalue weighted by Gasteiger charge is 2.18. The van der Waals surface area contributed by atoms with Crippen LogP contribution in [0.1, 0.15) is 23.4 Å². The fourth-order valence-corrected chi connectivity index (χ4v) is 2.49. The Labute approximate surface area is 128 Å². The lowest BCUT2D eigenvalue weighted by atomic mass is 10.2. The molecule has 0 unspecified atom stereocenters. The molecule has 0 spiro atoms. The zero-order chi connectivity index (χ0) is 15.4. The van der Waals surface area contributed by atoms with Gasteiger partial charge in [-0.2, -0.15) is 0 Å². The summed E-state index contributed by atoms with van der Waals surface area (Å²) in [5, 5.41) is 0. The molecule has 0 atom stereocenters. The molecule has 2 aromatic rings. The van der Waals surface area contributed by atoms with Crippen LogP contribution in [0.3, 0.4) is 0 Å². The van der Waals surface area contributed by atoms with Gasteiger partial charge in [0.25, 0.3) is 5.91 Å². The molecule has 114 valence electrons. The van der Waals surface area contributed by atoms with Gasteiger partial charge < -0.3 is 14.1 Å². The number of benzene rings is 1. The molecule has 0 saturated carbocycles. The molecule has 1 aliphatic heterocycles. The Balaban J connectivity index is 1.59. The molecular formula is C17H17NO4. The summed E-state index contributed by atoms with van der Waals surface area (Å²) < 4.78 is 10.9. The van der Waals surface area contributed by atoms with Crippen LogP contribution in [0.2, 0.25) is 0 Å². The number of aldehydes is 1. The van der Waals surface area contributed by atoms with E-state index in [1.165, 1.54) is 0 Å². The van der Waals surface area contributed by atoms with Crippen LogP contribution in [0, 0.1) is 0 Å². The summed E-state index contributed by atoms with van der Waals surface area (Å²) in [5.74, 6) is 1.59. The van der Waals surface area contributed by atoms with E-state index >= 15 is 0 Å². The van der Waals surface area contributed by atoms with Crippen LogP contribution in [0.5, 0.6) is 5.75 Å². The lowest BCUT2D eigenvalue weighted by molar-refractivity contribution is -0.132. The van der Waals surface area contributed by atoms with Crippen molar-refractivity contribution in [2.45, 2.75) is 12.8 Å². The SMILES string of the molecule is O=Cc1ccc(-c2ccc(OCC(=O)N3CCCC3)cc2)o1. The first kappa shape index (κ1) is 14.4. The Hall–Kier alpha value is -2.56. The smallest absolute Gasteiger partial charge is 0.260 e. The zero-order valence-corrected chi connectivity index (χ0v) is 12.2. The predicted molar refractivity (Wildman–Crippen MR) is 80.8 cm³/mol. The van der Waals surface area contributed by atoms with Crippen molar-refractivity contribution in [2.75, 3.05) is 19.7 Å². The molecule has 22 heavy (non-hydrogen) atoms. The van der Waals surface area contributed by atoms with Gasteiger partial charge in [0, 0.05) is 18.7 Å². The molecule has 1 aromatic heterocycles. The van der Waals surface area contributed by atoms with Crippen LogP contribution in [0.4, 0.5) is 0 Å². The molecule has 5 nitrogen and oxygen atoms in total. The van der Waals surface area contributed by atoms with E-state index in [-0.39, 0.29) is 12.5 Å². The average Bonchev–Trinajstić information content (AvgIpc) is 3.24. The minimum atomic E-state index is 0.0308. The molecule has 1 aromatic carbocycles. The first-order valence-electron chi connectivity index (χ1n) is 7.32. The minimum absolute atomic E-state index is 0.0308. The third-order valence-electron chi connectivity index (χ3n) is 3.70. The van der Waals surface area contributed by atoms with Crippen LogP contribution in [0.15, 0.2) is 40.8 Å². The standard InChI is InChI=1S/C17H17NO4/c19-11-15-7-8-16(22-15)13-3-5-14(6-4-13)21-12-17(20)18-9-1-2-10-18/h3-8,11H,1-2,9-10,12H2. The van der Waals surface area contributed by atoms with Gasteiger partial charge in [0.2, 0.25) is 0 Å². The number of hydrogen-bond donors (Lipinski definition) is 0. The molecular weight excluding hydrogens is 282 g/mol. The first-order valence-corrected chi connectivity index (χ1v) is 7.32. The largest absolute Gasteiger partial charge is 0.484 e. The van der Waals surface area contributed by atoms with E-state index < -0.39 is 0 Å². The van der Waals surface area contributed by atoms with E-state index in [4.69, 9.17) is 9.15 Å². The average molecular weight is 299 g/mol. The third kappa shape index (κ3) is 3.19. The van der Waals surface area contributed by atoms with Gasteiger partial charge in [0.1, 0.15) is 11.5 Å². The zero-order valence-electron chi connectivity index (χ0n) is 12.2. The van der Waals surface area contributed by atoms with E-state index in [0.717, 1.165) is 31.5 Å². The van der Waals surface area contributed by atoms with Gasteiger partial charge >= 0.3 is 0 Å². The molecule has 1 aliphatic rings. The van der Waals surface area contributed by atoms with Crippen molar-refractivity contribution in [1.29, 1.82) is 0 Å². The van der Waals surface area contributed by atoms with Crippen LogP contribution in [0.25, 0.3) is 11.3 Å². The van der Waals surface area contributed by atoms with E-state index in [9.17, 15) is 9.59 Å². The molecule has 3 rings (SSSR count). The van der Waals surface area contributed by atoms with E-state index in [0.29, 0.717) is 23.6 Å². The Bertz CT molecular complexity index is 654. The van der Waals surface area contributed by atoms with Crippen molar-refractivity contribution in [2.24, 2.45) is 0 Å². The van der Waals surface area contributed by atoms with E-state index in [1.807, 2.05) is 17.0 Å². The van der Waals surface area contributed by atoms with Crippen molar-refractivity contribution in [3.05, 3.63) is 42.2 Å². The number of furan rings is 1. The van der Waals surface area contributed by atoms with Crippen molar-refractivity contribution in [3.8, 4) is 17.1 Å². The van der Waals surface area contributed by atoms with Gasteiger partial charge in [-0.1, -0.05) is 0 Å². The molecule has 0 bridgehead atoms. The van der Waals surface area contributed by atoms with Gasteiger partial charge in [-0.15, -0.1) is 0 Å². The minimum Gasteiger partial charge on any atom is -0.484 e. The number of amides is 1. The summed E-state index contributed by atoms with van der Waals surface area (Å²) in [5.41, 5.74) is 0.853. The van der Waals surface area contributed by atoms with Gasteiger partial charge in [0.15, 0.2) is 18.7 Å². The van der Waals surface area contributed by atoms with E-state index in [1.54, 1.807) is 24.3 Å². The Morgan fingerprint density at radius 1 is 1.14 bits per heavy atom. The maximum Gasteiger partial charge on any atom is 0.260 e. The topological polar surface area (TPSA) is 59.8 Å². The summed E-state index contributed by atoms with van der Waals surface area (Å²) in [4.78, 5) is 24.3. The van der Waals surface area contributed by atoms with Crippen LogP contribution in [-0.2, 0) is 4.79 Å². The summed E-state index contributed by atoms with van der Waals surface area (Å²) in [6, 6.07) is 10.6. The van der Waals surface area contributed by atoms with Crippen LogP contribution >= 0.6 is 0 Å².